The third kappa shape index (κ3) is 5.87. The second kappa shape index (κ2) is 8.36. The van der Waals surface area contributed by atoms with E-state index in [-0.39, 0.29) is 18.9 Å². The molecule has 2 amide bonds. The standard InChI is InChI=1S/C12H21N3O5/c1-20-10(16)3-2-9(11(17)18)15-12(19)14-8-4-6-13-7-5-8/h8-9,13H,2-7H2,1H3,(H,17,18)(H2,14,15,19)/t9-/m0/s1. The maximum atomic E-state index is 11.7. The van der Waals surface area contributed by atoms with E-state index >= 15 is 0 Å². The number of ether oxygens (including phenoxy) is 1. The Morgan fingerprint density at radius 1 is 1.35 bits per heavy atom. The second-order valence-electron chi connectivity index (χ2n) is 4.65. The van der Waals surface area contributed by atoms with Gasteiger partial charge in [-0.25, -0.2) is 9.59 Å². The zero-order valence-electron chi connectivity index (χ0n) is 11.5. The van der Waals surface area contributed by atoms with Gasteiger partial charge in [-0.2, -0.15) is 0 Å². The first-order valence-corrected chi connectivity index (χ1v) is 6.60. The van der Waals surface area contributed by atoms with Crippen LogP contribution in [-0.4, -0.2) is 55.4 Å². The van der Waals surface area contributed by atoms with Gasteiger partial charge in [0, 0.05) is 12.5 Å². The number of carbonyl (C=O) groups excluding carboxylic acids is 2. The number of carboxylic acids is 1. The lowest BCUT2D eigenvalue weighted by molar-refractivity contribution is -0.142. The molecule has 0 bridgehead atoms. The summed E-state index contributed by atoms with van der Waals surface area (Å²) in [5, 5.41) is 17.3. The van der Waals surface area contributed by atoms with Gasteiger partial charge < -0.3 is 25.8 Å². The second-order valence-corrected chi connectivity index (χ2v) is 4.65. The van der Waals surface area contributed by atoms with Crippen molar-refractivity contribution in [3.05, 3.63) is 0 Å². The summed E-state index contributed by atoms with van der Waals surface area (Å²) in [6.07, 6.45) is 1.57. The maximum absolute atomic E-state index is 11.7. The number of aliphatic carboxylic acids is 1. The first kappa shape index (κ1) is 16.2. The molecular weight excluding hydrogens is 266 g/mol. The number of piperidine rings is 1. The molecule has 0 spiro atoms. The van der Waals surface area contributed by atoms with Gasteiger partial charge in [0.2, 0.25) is 0 Å². The predicted octanol–water partition coefficient (Wildman–Crippen LogP) is -0.556. The molecule has 114 valence electrons. The fourth-order valence-electron chi connectivity index (χ4n) is 1.97. The molecule has 0 aromatic heterocycles. The molecule has 8 nitrogen and oxygen atoms in total. The Morgan fingerprint density at radius 2 is 2.00 bits per heavy atom. The van der Waals surface area contributed by atoms with Gasteiger partial charge in [0.05, 0.1) is 7.11 Å². The van der Waals surface area contributed by atoms with Crippen molar-refractivity contribution in [1.29, 1.82) is 0 Å². The number of hydrogen-bond donors (Lipinski definition) is 4. The summed E-state index contributed by atoms with van der Waals surface area (Å²) in [7, 11) is 1.23. The minimum absolute atomic E-state index is 0.00164. The Morgan fingerprint density at radius 3 is 2.55 bits per heavy atom. The molecule has 0 saturated carbocycles. The summed E-state index contributed by atoms with van der Waals surface area (Å²) in [5.74, 6) is -1.67. The molecule has 20 heavy (non-hydrogen) atoms. The molecule has 4 N–H and O–H groups in total. The van der Waals surface area contributed by atoms with Crippen molar-refractivity contribution in [3.63, 3.8) is 0 Å². The predicted molar refractivity (Wildman–Crippen MR) is 70.2 cm³/mol. The molecule has 0 aliphatic carbocycles. The van der Waals surface area contributed by atoms with Crippen LogP contribution in [0.2, 0.25) is 0 Å². The van der Waals surface area contributed by atoms with Crippen molar-refractivity contribution in [2.75, 3.05) is 20.2 Å². The van der Waals surface area contributed by atoms with Gasteiger partial charge in [-0.15, -0.1) is 0 Å². The lowest BCUT2D eigenvalue weighted by atomic mass is 10.1. The Bertz CT molecular complexity index is 355. The lowest BCUT2D eigenvalue weighted by Crippen LogP contribution is -2.51. The Kier molecular flexibility index (Phi) is 6.78. The van der Waals surface area contributed by atoms with Gasteiger partial charge >= 0.3 is 18.0 Å². The zero-order valence-corrected chi connectivity index (χ0v) is 11.5. The molecule has 0 radical (unpaired) electrons. The highest BCUT2D eigenvalue weighted by molar-refractivity contribution is 5.83. The van der Waals surface area contributed by atoms with Crippen LogP contribution in [0.5, 0.6) is 0 Å². The Balaban J connectivity index is 2.37. The number of rotatable bonds is 6. The SMILES string of the molecule is COC(=O)CC[C@H](NC(=O)NC1CCNCC1)C(=O)O. The highest BCUT2D eigenvalue weighted by Gasteiger charge is 2.23. The quantitative estimate of drug-likeness (QED) is 0.487. The number of nitrogens with one attached hydrogen (secondary N) is 3. The molecule has 1 aliphatic heterocycles. The molecule has 0 aromatic rings. The summed E-state index contributed by atoms with van der Waals surface area (Å²) >= 11 is 0. The molecule has 8 heteroatoms. The topological polar surface area (TPSA) is 117 Å². The molecule has 1 saturated heterocycles. The van der Waals surface area contributed by atoms with Crippen molar-refractivity contribution in [2.45, 2.75) is 37.8 Å². The minimum Gasteiger partial charge on any atom is -0.480 e. The summed E-state index contributed by atoms with van der Waals surface area (Å²) in [6, 6.07) is -1.57. The first-order chi connectivity index (χ1) is 9.52. The van der Waals surface area contributed by atoms with Gasteiger partial charge in [-0.3, -0.25) is 4.79 Å². The van der Waals surface area contributed by atoms with E-state index in [0.29, 0.717) is 0 Å². The van der Waals surface area contributed by atoms with E-state index < -0.39 is 24.0 Å². The molecule has 1 heterocycles. The van der Waals surface area contributed by atoms with Crippen LogP contribution in [0.3, 0.4) is 0 Å². The van der Waals surface area contributed by atoms with Gasteiger partial charge in [0.1, 0.15) is 6.04 Å². The average molecular weight is 287 g/mol. The third-order valence-electron chi connectivity index (χ3n) is 3.14. The van der Waals surface area contributed by atoms with Crippen LogP contribution in [0.15, 0.2) is 0 Å². The van der Waals surface area contributed by atoms with Crippen molar-refractivity contribution in [2.24, 2.45) is 0 Å². The van der Waals surface area contributed by atoms with Crippen LogP contribution in [0.1, 0.15) is 25.7 Å². The van der Waals surface area contributed by atoms with Crippen molar-refractivity contribution >= 4 is 18.0 Å². The van der Waals surface area contributed by atoms with E-state index in [1.165, 1.54) is 7.11 Å². The van der Waals surface area contributed by atoms with Crippen molar-refractivity contribution < 1.29 is 24.2 Å². The first-order valence-electron chi connectivity index (χ1n) is 6.60. The fraction of sp³-hybridized carbons (Fsp3) is 0.750. The van der Waals surface area contributed by atoms with Crippen LogP contribution in [-0.2, 0) is 14.3 Å². The summed E-state index contributed by atoms with van der Waals surface area (Å²) in [4.78, 5) is 33.7. The number of carbonyl (C=O) groups is 3. The minimum atomic E-state index is -1.17. The Labute approximate surface area is 117 Å². The molecular formula is C12H21N3O5. The largest absolute Gasteiger partial charge is 0.480 e. The number of carboxylic acid groups (broad SMARTS) is 1. The molecule has 0 unspecified atom stereocenters. The van der Waals surface area contributed by atoms with E-state index in [9.17, 15) is 14.4 Å². The van der Waals surface area contributed by atoms with Gasteiger partial charge in [0.25, 0.3) is 0 Å². The fourth-order valence-corrected chi connectivity index (χ4v) is 1.97. The molecule has 1 fully saturated rings. The van der Waals surface area contributed by atoms with E-state index in [1.54, 1.807) is 0 Å². The lowest BCUT2D eigenvalue weighted by Gasteiger charge is -2.24. The highest BCUT2D eigenvalue weighted by Crippen LogP contribution is 2.03. The maximum Gasteiger partial charge on any atom is 0.326 e. The normalized spacial score (nSPS) is 17.1. The van der Waals surface area contributed by atoms with Crippen LogP contribution >= 0.6 is 0 Å². The third-order valence-corrected chi connectivity index (χ3v) is 3.14. The highest BCUT2D eigenvalue weighted by atomic mass is 16.5. The van der Waals surface area contributed by atoms with Crippen molar-refractivity contribution in [3.8, 4) is 0 Å². The van der Waals surface area contributed by atoms with E-state index in [4.69, 9.17) is 5.11 Å². The zero-order chi connectivity index (χ0) is 15.0. The number of esters is 1. The van der Waals surface area contributed by atoms with Crippen LogP contribution in [0.25, 0.3) is 0 Å². The van der Waals surface area contributed by atoms with Crippen LogP contribution in [0.4, 0.5) is 4.79 Å². The van der Waals surface area contributed by atoms with Gasteiger partial charge in [-0.1, -0.05) is 0 Å². The van der Waals surface area contributed by atoms with Gasteiger partial charge in [-0.05, 0) is 32.4 Å². The van der Waals surface area contributed by atoms with Crippen molar-refractivity contribution in [1.82, 2.24) is 16.0 Å². The van der Waals surface area contributed by atoms with E-state index in [2.05, 4.69) is 20.7 Å². The van der Waals surface area contributed by atoms with E-state index in [1.807, 2.05) is 0 Å². The Hall–Kier alpha value is -1.83. The molecule has 1 rings (SSSR count). The number of amides is 2. The molecule has 1 atom stereocenters. The smallest absolute Gasteiger partial charge is 0.326 e. The van der Waals surface area contributed by atoms with Gasteiger partial charge in [0.15, 0.2) is 0 Å². The van der Waals surface area contributed by atoms with E-state index in [0.717, 1.165) is 25.9 Å². The summed E-state index contributed by atoms with van der Waals surface area (Å²) in [5.41, 5.74) is 0. The van der Waals surface area contributed by atoms with Crippen LogP contribution in [0, 0.1) is 0 Å². The summed E-state index contributed by atoms with van der Waals surface area (Å²) in [6.45, 7) is 1.66. The molecule has 1 aliphatic rings. The number of hydrogen-bond acceptors (Lipinski definition) is 5. The molecule has 0 aromatic carbocycles. The number of methoxy groups -OCH3 is 1. The number of urea groups is 1. The monoisotopic (exact) mass is 287 g/mol. The van der Waals surface area contributed by atoms with Crippen LogP contribution < -0.4 is 16.0 Å². The average Bonchev–Trinajstić information content (AvgIpc) is 2.43. The summed E-state index contributed by atoms with van der Waals surface area (Å²) < 4.78 is 4.44.